The Kier molecular flexibility index (Phi) is 6.51. The van der Waals surface area contributed by atoms with E-state index in [1.54, 1.807) is 0 Å². The van der Waals surface area contributed by atoms with Crippen LogP contribution in [0.2, 0.25) is 0 Å². The van der Waals surface area contributed by atoms with Gasteiger partial charge in [-0.25, -0.2) is 0 Å². The molecule has 0 bridgehead atoms. The normalized spacial score (nSPS) is 34.7. The van der Waals surface area contributed by atoms with Gasteiger partial charge in [-0.05, 0) is 63.7 Å². The van der Waals surface area contributed by atoms with Crippen molar-refractivity contribution in [2.75, 3.05) is 53.4 Å². The molecule has 2 aliphatic rings. The molecule has 0 spiro atoms. The third-order valence-electron chi connectivity index (χ3n) is 5.60. The highest BCUT2D eigenvalue weighted by Crippen LogP contribution is 2.39. The van der Waals surface area contributed by atoms with Crippen LogP contribution in [0.5, 0.6) is 0 Å². The Morgan fingerprint density at radius 3 is 2.76 bits per heavy atom. The summed E-state index contributed by atoms with van der Waals surface area (Å²) in [6.45, 7) is 12.1. The number of nitrogens with one attached hydrogen (secondary N) is 1. The average molecular weight is 296 g/mol. The van der Waals surface area contributed by atoms with Gasteiger partial charge in [-0.15, -0.1) is 0 Å². The van der Waals surface area contributed by atoms with Gasteiger partial charge in [0.15, 0.2) is 0 Å². The summed E-state index contributed by atoms with van der Waals surface area (Å²) >= 11 is 0. The lowest BCUT2D eigenvalue weighted by Crippen LogP contribution is -2.46. The van der Waals surface area contributed by atoms with Crippen LogP contribution >= 0.6 is 0 Å². The molecule has 0 aromatic carbocycles. The van der Waals surface area contributed by atoms with Crippen molar-refractivity contribution in [1.29, 1.82) is 0 Å². The Morgan fingerprint density at radius 2 is 2.14 bits per heavy atom. The van der Waals surface area contributed by atoms with E-state index in [1.807, 2.05) is 0 Å². The molecule has 3 heteroatoms. The van der Waals surface area contributed by atoms with Gasteiger partial charge in [0.05, 0.1) is 0 Å². The first-order chi connectivity index (χ1) is 10.0. The fraction of sp³-hybridized carbons (Fsp3) is 1.00. The highest BCUT2D eigenvalue weighted by molar-refractivity contribution is 4.90. The number of nitrogens with zero attached hydrogens (tertiary/aromatic N) is 2. The van der Waals surface area contributed by atoms with Crippen LogP contribution in [0.15, 0.2) is 0 Å². The van der Waals surface area contributed by atoms with Crippen LogP contribution in [0, 0.1) is 17.3 Å². The molecule has 2 fully saturated rings. The maximum atomic E-state index is 3.65. The third kappa shape index (κ3) is 5.22. The Balaban J connectivity index is 1.87. The van der Waals surface area contributed by atoms with Crippen molar-refractivity contribution >= 4 is 0 Å². The SMILES string of the molecule is CCNCC1(CN(C)CC2CCN(C)C2)CCCC(C)C1. The van der Waals surface area contributed by atoms with Crippen LogP contribution in [0.4, 0.5) is 0 Å². The van der Waals surface area contributed by atoms with E-state index < -0.39 is 0 Å². The maximum Gasteiger partial charge on any atom is 0.00473 e. The summed E-state index contributed by atoms with van der Waals surface area (Å²) in [5.41, 5.74) is 0.521. The standard InChI is InChI=1S/C18H37N3/c1-5-19-14-18(9-6-7-16(2)11-18)15-21(4)13-17-8-10-20(3)12-17/h16-17,19H,5-15H2,1-4H3. The predicted molar refractivity (Wildman–Crippen MR) is 91.7 cm³/mol. The molecule has 0 aromatic heterocycles. The smallest absolute Gasteiger partial charge is 0.00473 e. The van der Waals surface area contributed by atoms with E-state index >= 15 is 0 Å². The van der Waals surface area contributed by atoms with E-state index in [-0.39, 0.29) is 0 Å². The summed E-state index contributed by atoms with van der Waals surface area (Å²) in [4.78, 5) is 5.12. The Bertz CT molecular complexity index is 307. The number of likely N-dealkylation sites (tertiary alicyclic amines) is 1. The van der Waals surface area contributed by atoms with Crippen LogP contribution in [0.25, 0.3) is 0 Å². The first-order valence-corrected chi connectivity index (χ1v) is 9.11. The molecule has 1 saturated carbocycles. The zero-order chi connectivity index (χ0) is 15.3. The van der Waals surface area contributed by atoms with Gasteiger partial charge in [0.2, 0.25) is 0 Å². The lowest BCUT2D eigenvalue weighted by Gasteiger charge is -2.43. The van der Waals surface area contributed by atoms with Crippen molar-refractivity contribution in [2.45, 2.75) is 46.0 Å². The fourth-order valence-corrected chi connectivity index (χ4v) is 4.77. The monoisotopic (exact) mass is 295 g/mol. The molecule has 0 radical (unpaired) electrons. The van der Waals surface area contributed by atoms with Gasteiger partial charge >= 0.3 is 0 Å². The summed E-state index contributed by atoms with van der Waals surface area (Å²) < 4.78 is 0. The van der Waals surface area contributed by atoms with Crippen molar-refractivity contribution in [1.82, 2.24) is 15.1 Å². The minimum Gasteiger partial charge on any atom is -0.316 e. The minimum atomic E-state index is 0.521. The fourth-order valence-electron chi connectivity index (χ4n) is 4.77. The average Bonchev–Trinajstić information content (AvgIpc) is 2.81. The maximum absolute atomic E-state index is 3.65. The summed E-state index contributed by atoms with van der Waals surface area (Å²) in [6.07, 6.45) is 7.07. The van der Waals surface area contributed by atoms with E-state index in [2.05, 4.69) is 43.1 Å². The molecule has 3 unspecified atom stereocenters. The van der Waals surface area contributed by atoms with Crippen molar-refractivity contribution in [3.8, 4) is 0 Å². The zero-order valence-electron chi connectivity index (χ0n) is 14.8. The van der Waals surface area contributed by atoms with Crippen LogP contribution in [0.3, 0.4) is 0 Å². The molecule has 1 heterocycles. The van der Waals surface area contributed by atoms with E-state index in [0.29, 0.717) is 5.41 Å². The molecule has 3 atom stereocenters. The van der Waals surface area contributed by atoms with Crippen LogP contribution in [-0.4, -0.2) is 63.2 Å². The topological polar surface area (TPSA) is 18.5 Å². The van der Waals surface area contributed by atoms with Gasteiger partial charge in [0.25, 0.3) is 0 Å². The van der Waals surface area contributed by atoms with E-state index in [0.717, 1.165) is 18.4 Å². The molecule has 21 heavy (non-hydrogen) atoms. The molecule has 1 saturated heterocycles. The Hall–Kier alpha value is -0.120. The largest absolute Gasteiger partial charge is 0.316 e. The number of rotatable bonds is 7. The van der Waals surface area contributed by atoms with E-state index in [4.69, 9.17) is 0 Å². The number of hydrogen-bond donors (Lipinski definition) is 1. The molecule has 1 aliphatic heterocycles. The molecule has 0 amide bonds. The second-order valence-electron chi connectivity index (χ2n) is 8.10. The second kappa shape index (κ2) is 7.94. The molecule has 1 aliphatic carbocycles. The zero-order valence-corrected chi connectivity index (χ0v) is 14.8. The first kappa shape index (κ1) is 17.2. The van der Waals surface area contributed by atoms with Crippen molar-refractivity contribution < 1.29 is 0 Å². The molecule has 3 nitrogen and oxygen atoms in total. The highest BCUT2D eigenvalue weighted by Gasteiger charge is 2.36. The summed E-state index contributed by atoms with van der Waals surface area (Å²) in [7, 11) is 4.61. The summed E-state index contributed by atoms with van der Waals surface area (Å²) in [6, 6.07) is 0. The minimum absolute atomic E-state index is 0.521. The van der Waals surface area contributed by atoms with Crippen molar-refractivity contribution in [2.24, 2.45) is 17.3 Å². The molecular formula is C18H37N3. The number of hydrogen-bond acceptors (Lipinski definition) is 3. The predicted octanol–water partition coefficient (Wildman–Crippen LogP) is 2.68. The summed E-state index contributed by atoms with van der Waals surface area (Å²) in [5.74, 6) is 1.79. The van der Waals surface area contributed by atoms with Crippen molar-refractivity contribution in [3.05, 3.63) is 0 Å². The van der Waals surface area contributed by atoms with Gasteiger partial charge in [-0.1, -0.05) is 26.7 Å². The van der Waals surface area contributed by atoms with Gasteiger partial charge in [-0.3, -0.25) is 0 Å². The summed E-state index contributed by atoms with van der Waals surface area (Å²) in [5, 5.41) is 3.65. The van der Waals surface area contributed by atoms with Crippen molar-refractivity contribution in [3.63, 3.8) is 0 Å². The lowest BCUT2D eigenvalue weighted by molar-refractivity contribution is 0.0859. The first-order valence-electron chi connectivity index (χ1n) is 9.11. The molecule has 1 N–H and O–H groups in total. The van der Waals surface area contributed by atoms with Gasteiger partial charge in [-0.2, -0.15) is 0 Å². The van der Waals surface area contributed by atoms with Gasteiger partial charge < -0.3 is 15.1 Å². The third-order valence-corrected chi connectivity index (χ3v) is 5.60. The molecule has 0 aromatic rings. The highest BCUT2D eigenvalue weighted by atomic mass is 15.2. The second-order valence-corrected chi connectivity index (χ2v) is 8.10. The molecular weight excluding hydrogens is 258 g/mol. The quantitative estimate of drug-likeness (QED) is 0.779. The van der Waals surface area contributed by atoms with Crippen LogP contribution in [-0.2, 0) is 0 Å². The van der Waals surface area contributed by atoms with E-state index in [1.165, 1.54) is 64.8 Å². The molecule has 124 valence electrons. The van der Waals surface area contributed by atoms with Gasteiger partial charge in [0.1, 0.15) is 0 Å². The van der Waals surface area contributed by atoms with Crippen LogP contribution in [0.1, 0.15) is 46.0 Å². The molecule has 2 rings (SSSR count). The van der Waals surface area contributed by atoms with Gasteiger partial charge in [0, 0.05) is 26.2 Å². The Labute approximate surface area is 132 Å². The lowest BCUT2D eigenvalue weighted by atomic mass is 9.69. The Morgan fingerprint density at radius 1 is 1.33 bits per heavy atom. The van der Waals surface area contributed by atoms with E-state index in [9.17, 15) is 0 Å². The van der Waals surface area contributed by atoms with Crippen LogP contribution < -0.4 is 5.32 Å².